The van der Waals surface area contributed by atoms with Gasteiger partial charge in [0.25, 0.3) is 5.91 Å². The molecule has 1 aromatic heterocycles. The second kappa shape index (κ2) is 7.77. The highest BCUT2D eigenvalue weighted by atomic mass is 16.5. The molecule has 1 aliphatic rings. The largest absolute Gasteiger partial charge is 0.395 e. The second-order valence-corrected chi connectivity index (χ2v) is 5.07. The minimum Gasteiger partial charge on any atom is -0.395 e. The molecule has 0 aromatic carbocycles. The smallest absolute Gasteiger partial charge is 0.252 e. The van der Waals surface area contributed by atoms with Crippen LogP contribution in [-0.2, 0) is 4.74 Å². The first-order valence-corrected chi connectivity index (χ1v) is 7.15. The lowest BCUT2D eigenvalue weighted by Crippen LogP contribution is -2.32. The van der Waals surface area contributed by atoms with Gasteiger partial charge in [-0.05, 0) is 19.4 Å². The minimum absolute atomic E-state index is 0.0300. The van der Waals surface area contributed by atoms with Gasteiger partial charge in [-0.2, -0.15) is 0 Å². The lowest BCUT2D eigenvalue weighted by atomic mass is 10.0. The molecule has 1 aliphatic heterocycles. The molecule has 1 saturated heterocycles. The van der Waals surface area contributed by atoms with E-state index in [-0.39, 0.29) is 18.6 Å². The summed E-state index contributed by atoms with van der Waals surface area (Å²) in [5.74, 6) is 5.91. The standard InChI is InChI=1S/C16H20N2O3/c1-12-14(5-7-21-12)11-18-16(20)15-8-13(9-17-10-15)4-2-3-6-19/h8-10,12,14,19H,3,5-7,11H2,1H3,(H,18,20). The Morgan fingerprint density at radius 1 is 1.57 bits per heavy atom. The van der Waals surface area contributed by atoms with Crippen molar-refractivity contribution >= 4 is 5.91 Å². The highest BCUT2D eigenvalue weighted by molar-refractivity contribution is 5.94. The lowest BCUT2D eigenvalue weighted by Gasteiger charge is -2.14. The summed E-state index contributed by atoms with van der Waals surface area (Å²) >= 11 is 0. The van der Waals surface area contributed by atoms with Crippen molar-refractivity contribution < 1.29 is 14.6 Å². The number of ether oxygens (including phenoxy) is 1. The van der Waals surface area contributed by atoms with Gasteiger partial charge in [-0.25, -0.2) is 0 Å². The van der Waals surface area contributed by atoms with Gasteiger partial charge in [-0.1, -0.05) is 11.8 Å². The van der Waals surface area contributed by atoms with Crippen molar-refractivity contribution in [2.45, 2.75) is 25.9 Å². The molecule has 1 amide bonds. The molecule has 0 saturated carbocycles. The summed E-state index contributed by atoms with van der Waals surface area (Å²) in [6.07, 6.45) is 4.72. The molecule has 1 fully saturated rings. The second-order valence-electron chi connectivity index (χ2n) is 5.07. The van der Waals surface area contributed by atoms with Crippen LogP contribution in [0.25, 0.3) is 0 Å². The third-order valence-corrected chi connectivity index (χ3v) is 3.53. The van der Waals surface area contributed by atoms with Gasteiger partial charge >= 0.3 is 0 Å². The van der Waals surface area contributed by atoms with Crippen molar-refractivity contribution in [1.29, 1.82) is 0 Å². The fraction of sp³-hybridized carbons (Fsp3) is 0.500. The van der Waals surface area contributed by atoms with E-state index in [2.05, 4.69) is 22.1 Å². The average molecular weight is 288 g/mol. The normalized spacial score (nSPS) is 20.7. The van der Waals surface area contributed by atoms with Crippen molar-refractivity contribution in [1.82, 2.24) is 10.3 Å². The SMILES string of the molecule is CC1OCCC1CNC(=O)c1cncc(C#CCCO)c1. The fourth-order valence-electron chi connectivity index (χ4n) is 2.22. The molecule has 21 heavy (non-hydrogen) atoms. The van der Waals surface area contributed by atoms with E-state index in [4.69, 9.17) is 9.84 Å². The van der Waals surface area contributed by atoms with Crippen LogP contribution in [0.3, 0.4) is 0 Å². The van der Waals surface area contributed by atoms with Gasteiger partial charge in [0.05, 0.1) is 18.3 Å². The van der Waals surface area contributed by atoms with Crippen molar-refractivity contribution in [3.05, 3.63) is 29.6 Å². The Balaban J connectivity index is 1.93. The molecule has 5 heteroatoms. The molecule has 0 radical (unpaired) electrons. The van der Waals surface area contributed by atoms with E-state index in [0.717, 1.165) is 13.0 Å². The summed E-state index contributed by atoms with van der Waals surface area (Å²) in [5, 5.41) is 11.6. The number of pyridine rings is 1. The van der Waals surface area contributed by atoms with E-state index in [0.29, 0.717) is 30.0 Å². The van der Waals surface area contributed by atoms with E-state index in [1.54, 1.807) is 12.3 Å². The Kier molecular flexibility index (Phi) is 5.73. The van der Waals surface area contributed by atoms with Gasteiger partial charge in [0.15, 0.2) is 0 Å². The monoisotopic (exact) mass is 288 g/mol. The van der Waals surface area contributed by atoms with Gasteiger partial charge in [-0.15, -0.1) is 0 Å². The molecule has 1 aromatic rings. The maximum absolute atomic E-state index is 12.1. The zero-order valence-electron chi connectivity index (χ0n) is 12.1. The third-order valence-electron chi connectivity index (χ3n) is 3.53. The molecule has 0 aliphatic carbocycles. The highest BCUT2D eigenvalue weighted by Gasteiger charge is 2.24. The minimum atomic E-state index is -0.146. The van der Waals surface area contributed by atoms with Crippen LogP contribution in [0.2, 0.25) is 0 Å². The van der Waals surface area contributed by atoms with Crippen LogP contribution < -0.4 is 5.32 Å². The predicted molar refractivity (Wildman–Crippen MR) is 78.7 cm³/mol. The van der Waals surface area contributed by atoms with E-state index in [1.807, 2.05) is 6.92 Å². The van der Waals surface area contributed by atoms with Gasteiger partial charge in [0.2, 0.25) is 0 Å². The Morgan fingerprint density at radius 2 is 2.43 bits per heavy atom. The number of aliphatic hydroxyl groups is 1. The lowest BCUT2D eigenvalue weighted by molar-refractivity contribution is 0.0907. The molecular formula is C16H20N2O3. The van der Waals surface area contributed by atoms with Crippen LogP contribution >= 0.6 is 0 Å². The fourth-order valence-corrected chi connectivity index (χ4v) is 2.22. The molecule has 2 heterocycles. The first kappa shape index (κ1) is 15.5. The van der Waals surface area contributed by atoms with Crippen LogP contribution in [0, 0.1) is 17.8 Å². The Labute approximate surface area is 124 Å². The summed E-state index contributed by atoms with van der Waals surface area (Å²) in [7, 11) is 0. The molecule has 2 atom stereocenters. The maximum atomic E-state index is 12.1. The number of rotatable bonds is 4. The molecule has 0 spiro atoms. The van der Waals surface area contributed by atoms with Gasteiger partial charge in [0, 0.05) is 43.4 Å². The molecule has 2 N–H and O–H groups in total. The molecule has 2 rings (SSSR count). The van der Waals surface area contributed by atoms with E-state index in [9.17, 15) is 4.79 Å². The molecule has 112 valence electrons. The van der Waals surface area contributed by atoms with Crippen LogP contribution in [-0.4, -0.2) is 41.9 Å². The summed E-state index contributed by atoms with van der Waals surface area (Å²) < 4.78 is 5.48. The summed E-state index contributed by atoms with van der Waals surface area (Å²) in [5.41, 5.74) is 1.17. The predicted octanol–water partition coefficient (Wildman–Crippen LogP) is 0.970. The van der Waals surface area contributed by atoms with Crippen LogP contribution in [0.5, 0.6) is 0 Å². The van der Waals surface area contributed by atoms with Crippen molar-refractivity contribution in [3.8, 4) is 11.8 Å². The number of aromatic nitrogens is 1. The van der Waals surface area contributed by atoms with Gasteiger partial charge in [0.1, 0.15) is 0 Å². The molecule has 0 bridgehead atoms. The Bertz CT molecular complexity index is 548. The van der Waals surface area contributed by atoms with Crippen molar-refractivity contribution in [2.24, 2.45) is 5.92 Å². The maximum Gasteiger partial charge on any atom is 0.252 e. The summed E-state index contributed by atoms with van der Waals surface area (Å²) in [6, 6.07) is 1.71. The number of carbonyl (C=O) groups is 1. The van der Waals surface area contributed by atoms with E-state index in [1.165, 1.54) is 6.20 Å². The zero-order chi connectivity index (χ0) is 15.1. The number of hydrogen-bond donors (Lipinski definition) is 2. The molecule has 5 nitrogen and oxygen atoms in total. The first-order chi connectivity index (χ1) is 10.2. The third kappa shape index (κ3) is 4.55. The average Bonchev–Trinajstić information content (AvgIpc) is 2.91. The molecular weight excluding hydrogens is 268 g/mol. The van der Waals surface area contributed by atoms with Crippen LogP contribution in [0.1, 0.15) is 35.7 Å². The van der Waals surface area contributed by atoms with Crippen LogP contribution in [0.4, 0.5) is 0 Å². The number of aliphatic hydroxyl groups excluding tert-OH is 1. The number of carbonyl (C=O) groups excluding carboxylic acids is 1. The summed E-state index contributed by atoms with van der Waals surface area (Å²) in [4.78, 5) is 16.1. The van der Waals surface area contributed by atoms with Crippen molar-refractivity contribution in [2.75, 3.05) is 19.8 Å². The number of nitrogens with zero attached hydrogens (tertiary/aromatic N) is 1. The van der Waals surface area contributed by atoms with Gasteiger partial charge in [-0.3, -0.25) is 9.78 Å². The number of nitrogens with one attached hydrogen (secondary N) is 1. The highest BCUT2D eigenvalue weighted by Crippen LogP contribution is 2.19. The topological polar surface area (TPSA) is 71.5 Å². The van der Waals surface area contributed by atoms with Crippen LogP contribution in [0.15, 0.2) is 18.5 Å². The van der Waals surface area contributed by atoms with E-state index < -0.39 is 0 Å². The Hall–Kier alpha value is -1.90. The van der Waals surface area contributed by atoms with Crippen molar-refractivity contribution in [3.63, 3.8) is 0 Å². The first-order valence-electron chi connectivity index (χ1n) is 7.15. The Morgan fingerprint density at radius 3 is 3.14 bits per heavy atom. The molecule has 2 unspecified atom stereocenters. The summed E-state index contributed by atoms with van der Waals surface area (Å²) in [6.45, 7) is 3.44. The van der Waals surface area contributed by atoms with E-state index >= 15 is 0 Å². The zero-order valence-corrected chi connectivity index (χ0v) is 12.1. The number of hydrogen-bond acceptors (Lipinski definition) is 4. The number of amides is 1. The quantitative estimate of drug-likeness (QED) is 0.810. The van der Waals surface area contributed by atoms with Gasteiger partial charge < -0.3 is 15.2 Å².